The lowest BCUT2D eigenvalue weighted by molar-refractivity contribution is -0.152. The monoisotopic (exact) mass is 328 g/mol. The zero-order valence-corrected chi connectivity index (χ0v) is 12.3. The van der Waals surface area contributed by atoms with Crippen LogP contribution in [0.15, 0.2) is 11.8 Å². The Morgan fingerprint density at radius 1 is 1.33 bits per heavy atom. The van der Waals surface area contributed by atoms with Crippen molar-refractivity contribution in [2.24, 2.45) is 5.41 Å². The molecule has 2 rings (SSSR count). The molecule has 0 saturated carbocycles. The van der Waals surface area contributed by atoms with E-state index in [0.717, 1.165) is 0 Å². The molecular formula is C12H15F3O5S. The summed E-state index contributed by atoms with van der Waals surface area (Å²) in [6, 6.07) is 0. The number of carbonyl (C=O) groups is 1. The molecule has 0 aromatic rings. The third-order valence-corrected chi connectivity index (χ3v) is 4.64. The number of rotatable bonds is 2. The molecule has 9 heteroatoms. The fraction of sp³-hybridized carbons (Fsp3) is 0.750. The Kier molecular flexibility index (Phi) is 3.55. The molecule has 0 aromatic heterocycles. The highest BCUT2D eigenvalue weighted by molar-refractivity contribution is 7.87. The smallest absolute Gasteiger partial charge is 0.459 e. The van der Waals surface area contributed by atoms with Gasteiger partial charge < -0.3 is 8.92 Å². The van der Waals surface area contributed by atoms with Gasteiger partial charge in [-0.1, -0.05) is 0 Å². The SMILES string of the molecule is CC1(C)CC2(CC=C(OS(=O)(=O)C(F)(F)F)CC2)C(=O)O1. The van der Waals surface area contributed by atoms with E-state index in [9.17, 15) is 26.4 Å². The first-order valence-corrected chi connectivity index (χ1v) is 7.71. The van der Waals surface area contributed by atoms with Gasteiger partial charge in [0.05, 0.1) is 5.41 Å². The summed E-state index contributed by atoms with van der Waals surface area (Å²) in [4.78, 5) is 11.9. The summed E-state index contributed by atoms with van der Waals surface area (Å²) in [7, 11) is -5.65. The van der Waals surface area contributed by atoms with E-state index >= 15 is 0 Å². The molecule has 0 aromatic carbocycles. The molecule has 1 aliphatic carbocycles. The van der Waals surface area contributed by atoms with Crippen LogP contribution < -0.4 is 0 Å². The number of halogens is 3. The molecular weight excluding hydrogens is 313 g/mol. The van der Waals surface area contributed by atoms with Crippen molar-refractivity contribution in [3.63, 3.8) is 0 Å². The average Bonchev–Trinajstić information content (AvgIpc) is 2.50. The number of esters is 1. The molecule has 21 heavy (non-hydrogen) atoms. The number of ether oxygens (including phenoxy) is 1. The zero-order chi connectivity index (χ0) is 16.1. The zero-order valence-electron chi connectivity index (χ0n) is 11.5. The lowest BCUT2D eigenvalue weighted by Gasteiger charge is -2.28. The van der Waals surface area contributed by atoms with E-state index in [1.165, 1.54) is 6.08 Å². The van der Waals surface area contributed by atoms with Crippen molar-refractivity contribution in [1.29, 1.82) is 0 Å². The number of carbonyl (C=O) groups excluding carboxylic acids is 1. The average molecular weight is 328 g/mol. The molecule has 1 atom stereocenters. The van der Waals surface area contributed by atoms with Crippen molar-refractivity contribution in [2.75, 3.05) is 0 Å². The van der Waals surface area contributed by atoms with Crippen molar-refractivity contribution in [3.05, 3.63) is 11.8 Å². The van der Waals surface area contributed by atoms with E-state index in [-0.39, 0.29) is 25.0 Å². The Morgan fingerprint density at radius 2 is 1.95 bits per heavy atom. The topological polar surface area (TPSA) is 69.7 Å². The minimum atomic E-state index is -5.65. The second-order valence-corrected chi connectivity index (χ2v) is 7.50. The van der Waals surface area contributed by atoms with Crippen LogP contribution >= 0.6 is 0 Å². The normalized spacial score (nSPS) is 29.2. The highest BCUT2D eigenvalue weighted by Gasteiger charge is 2.54. The maximum absolute atomic E-state index is 12.2. The van der Waals surface area contributed by atoms with Gasteiger partial charge in [-0.25, -0.2) is 0 Å². The largest absolute Gasteiger partial charge is 0.534 e. The predicted octanol–water partition coefficient (Wildman–Crippen LogP) is 2.63. The minimum absolute atomic E-state index is 0.0551. The van der Waals surface area contributed by atoms with Gasteiger partial charge in [0.2, 0.25) is 0 Å². The molecule has 5 nitrogen and oxygen atoms in total. The summed E-state index contributed by atoms with van der Waals surface area (Å²) in [6.07, 6.45) is 1.93. The third-order valence-electron chi connectivity index (χ3n) is 3.64. The Labute approximate surface area is 120 Å². The lowest BCUT2D eigenvalue weighted by atomic mass is 9.72. The second kappa shape index (κ2) is 4.62. The summed E-state index contributed by atoms with van der Waals surface area (Å²) in [5.74, 6) is -0.683. The first-order valence-electron chi connectivity index (χ1n) is 6.30. The van der Waals surface area contributed by atoms with E-state index in [1.54, 1.807) is 13.8 Å². The van der Waals surface area contributed by atoms with Crippen molar-refractivity contribution in [3.8, 4) is 0 Å². The van der Waals surface area contributed by atoms with E-state index in [1.807, 2.05) is 0 Å². The highest BCUT2D eigenvalue weighted by Crippen LogP contribution is 2.49. The molecule has 1 heterocycles. The van der Waals surface area contributed by atoms with Gasteiger partial charge in [0.1, 0.15) is 11.4 Å². The second-order valence-electron chi connectivity index (χ2n) is 5.96. The molecule has 2 aliphatic rings. The Bertz CT molecular complexity index is 591. The Balaban J connectivity index is 2.12. The summed E-state index contributed by atoms with van der Waals surface area (Å²) in [5.41, 5.74) is -6.88. The standard InChI is InChI=1S/C12H15F3O5S/c1-10(2)7-11(9(16)19-10)5-3-8(4-6-11)20-21(17,18)12(13,14)15/h3H,4-7H2,1-2H3. The van der Waals surface area contributed by atoms with E-state index in [0.29, 0.717) is 6.42 Å². The number of hydrogen-bond acceptors (Lipinski definition) is 5. The van der Waals surface area contributed by atoms with Crippen LogP contribution in [-0.4, -0.2) is 25.5 Å². The van der Waals surface area contributed by atoms with Crippen LogP contribution in [0.5, 0.6) is 0 Å². The third kappa shape index (κ3) is 3.02. The van der Waals surface area contributed by atoms with Gasteiger partial charge in [-0.05, 0) is 32.8 Å². The van der Waals surface area contributed by atoms with Crippen LogP contribution in [0.2, 0.25) is 0 Å². The minimum Gasteiger partial charge on any atom is -0.459 e. The Morgan fingerprint density at radius 3 is 2.33 bits per heavy atom. The van der Waals surface area contributed by atoms with Crippen molar-refractivity contribution >= 4 is 16.1 Å². The molecule has 0 N–H and O–H groups in total. The first kappa shape index (κ1) is 16.1. The fourth-order valence-electron chi connectivity index (χ4n) is 2.77. The van der Waals surface area contributed by atoms with E-state index < -0.39 is 32.6 Å². The number of allylic oxidation sites excluding steroid dienone is 2. The number of alkyl halides is 3. The van der Waals surface area contributed by atoms with Gasteiger partial charge in [0.25, 0.3) is 0 Å². The predicted molar refractivity (Wildman–Crippen MR) is 65.2 cm³/mol. The van der Waals surface area contributed by atoms with E-state index in [4.69, 9.17) is 4.74 Å². The van der Waals surface area contributed by atoms with Crippen LogP contribution in [0, 0.1) is 5.41 Å². The van der Waals surface area contributed by atoms with Crippen LogP contribution in [0.4, 0.5) is 13.2 Å². The highest BCUT2D eigenvalue weighted by atomic mass is 32.2. The fourth-order valence-corrected chi connectivity index (χ4v) is 3.30. The molecule has 0 radical (unpaired) electrons. The molecule has 1 saturated heterocycles. The van der Waals surface area contributed by atoms with Gasteiger partial charge in [-0.2, -0.15) is 21.6 Å². The number of cyclic esters (lactones) is 1. The summed E-state index contributed by atoms with van der Waals surface area (Å²) < 4.78 is 67.9. The summed E-state index contributed by atoms with van der Waals surface area (Å²) in [6.45, 7) is 3.51. The van der Waals surface area contributed by atoms with Gasteiger partial charge in [-0.3, -0.25) is 4.79 Å². The maximum Gasteiger partial charge on any atom is 0.534 e. The van der Waals surface area contributed by atoms with Gasteiger partial charge in [-0.15, -0.1) is 0 Å². The van der Waals surface area contributed by atoms with Crippen LogP contribution in [0.3, 0.4) is 0 Å². The van der Waals surface area contributed by atoms with Crippen molar-refractivity contribution in [1.82, 2.24) is 0 Å². The van der Waals surface area contributed by atoms with Gasteiger partial charge >= 0.3 is 21.6 Å². The molecule has 0 bridgehead atoms. The molecule has 1 fully saturated rings. The lowest BCUT2D eigenvalue weighted by Crippen LogP contribution is -2.31. The van der Waals surface area contributed by atoms with E-state index in [2.05, 4.69) is 4.18 Å². The molecule has 1 unspecified atom stereocenters. The van der Waals surface area contributed by atoms with Crippen molar-refractivity contribution < 1.29 is 35.3 Å². The van der Waals surface area contributed by atoms with Crippen LogP contribution in [0.1, 0.15) is 39.5 Å². The van der Waals surface area contributed by atoms with Gasteiger partial charge in [0, 0.05) is 12.8 Å². The molecule has 0 amide bonds. The van der Waals surface area contributed by atoms with Crippen LogP contribution in [0.25, 0.3) is 0 Å². The van der Waals surface area contributed by atoms with Gasteiger partial charge in [0.15, 0.2) is 0 Å². The molecule has 1 spiro atoms. The quantitative estimate of drug-likeness (QED) is 0.443. The summed E-state index contributed by atoms with van der Waals surface area (Å²) in [5, 5.41) is 0. The van der Waals surface area contributed by atoms with Crippen molar-refractivity contribution in [2.45, 2.75) is 50.6 Å². The molecule has 1 aliphatic heterocycles. The first-order chi connectivity index (χ1) is 9.37. The van der Waals surface area contributed by atoms with Crippen LogP contribution in [-0.2, 0) is 23.8 Å². The maximum atomic E-state index is 12.2. The molecule has 120 valence electrons. The number of hydrogen-bond donors (Lipinski definition) is 0. The summed E-state index contributed by atoms with van der Waals surface area (Å²) >= 11 is 0. The Hall–Kier alpha value is -1.25.